The molecular weight excluding hydrogens is 507 g/mol. The van der Waals surface area contributed by atoms with Gasteiger partial charge in [-0.25, -0.2) is 9.67 Å². The van der Waals surface area contributed by atoms with Crippen LogP contribution in [-0.4, -0.2) is 63.7 Å². The number of benzene rings is 2. The number of rotatable bonds is 6. The molecule has 0 radical (unpaired) electrons. The van der Waals surface area contributed by atoms with Gasteiger partial charge in [0.05, 0.1) is 11.8 Å². The number of nitrogens with two attached hydrogens (primary N) is 1. The number of anilines is 2. The van der Waals surface area contributed by atoms with E-state index in [9.17, 15) is 18.0 Å². The minimum absolute atomic E-state index is 0.0520. The summed E-state index contributed by atoms with van der Waals surface area (Å²) >= 11 is 0. The van der Waals surface area contributed by atoms with Crippen molar-refractivity contribution in [1.82, 2.24) is 24.6 Å². The fourth-order valence-electron chi connectivity index (χ4n) is 4.52. The average Bonchev–Trinajstić information content (AvgIpc) is 3.40. The number of nitrogens with zero attached hydrogens (tertiary/aromatic N) is 5. The van der Waals surface area contributed by atoms with Crippen LogP contribution in [0.4, 0.5) is 24.7 Å². The lowest BCUT2D eigenvalue weighted by Crippen LogP contribution is -2.44. The summed E-state index contributed by atoms with van der Waals surface area (Å²) < 4.78 is 43.3. The van der Waals surface area contributed by atoms with E-state index < -0.39 is 17.6 Å². The molecule has 2 aromatic carbocycles. The Balaban J connectivity index is 1.29. The van der Waals surface area contributed by atoms with Gasteiger partial charge in [0.15, 0.2) is 0 Å². The normalized spacial score (nSPS) is 14.9. The number of carbonyl (C=O) groups is 1. The van der Waals surface area contributed by atoms with Gasteiger partial charge in [0.1, 0.15) is 11.5 Å². The molecular formula is C28H28F3N7O. The van der Waals surface area contributed by atoms with E-state index in [1.54, 1.807) is 53.5 Å². The molecule has 4 aromatic rings. The number of amides is 1. The maximum atomic E-state index is 13.9. The number of nitrogens with one attached hydrogen (secondary N) is 1. The van der Waals surface area contributed by atoms with E-state index in [1.165, 1.54) is 12.1 Å². The van der Waals surface area contributed by atoms with Gasteiger partial charge in [0.25, 0.3) is 5.91 Å². The van der Waals surface area contributed by atoms with E-state index in [4.69, 9.17) is 5.73 Å². The summed E-state index contributed by atoms with van der Waals surface area (Å²) in [5, 5.41) is 7.03. The summed E-state index contributed by atoms with van der Waals surface area (Å²) in [6.07, 6.45) is 0.527. The zero-order valence-corrected chi connectivity index (χ0v) is 21.3. The Morgan fingerprint density at radius 3 is 2.46 bits per heavy atom. The minimum atomic E-state index is -4.56. The Morgan fingerprint density at radius 2 is 1.77 bits per heavy atom. The third kappa shape index (κ3) is 6.10. The highest BCUT2D eigenvalue weighted by Gasteiger charge is 2.34. The van der Waals surface area contributed by atoms with E-state index in [1.807, 2.05) is 18.1 Å². The smallest absolute Gasteiger partial charge is 0.382 e. The third-order valence-electron chi connectivity index (χ3n) is 6.79. The van der Waals surface area contributed by atoms with Crippen LogP contribution < -0.4 is 11.1 Å². The van der Waals surface area contributed by atoms with Gasteiger partial charge in [-0.15, -0.1) is 0 Å². The maximum absolute atomic E-state index is 13.9. The zero-order valence-electron chi connectivity index (χ0n) is 21.3. The number of hydrogen-bond donors (Lipinski definition) is 2. The predicted molar refractivity (Wildman–Crippen MR) is 143 cm³/mol. The number of carbonyl (C=O) groups excluding carboxylic acids is 1. The van der Waals surface area contributed by atoms with Gasteiger partial charge in [-0.2, -0.15) is 18.3 Å². The van der Waals surface area contributed by atoms with E-state index >= 15 is 0 Å². The van der Waals surface area contributed by atoms with Crippen LogP contribution in [0.5, 0.6) is 0 Å². The predicted octanol–water partition coefficient (Wildman–Crippen LogP) is 4.54. The summed E-state index contributed by atoms with van der Waals surface area (Å²) in [5.41, 5.74) is 8.04. The Kier molecular flexibility index (Phi) is 7.36. The van der Waals surface area contributed by atoms with Crippen LogP contribution in [-0.2, 0) is 12.7 Å². The number of pyridine rings is 1. The average molecular weight is 536 g/mol. The molecule has 2 aromatic heterocycles. The molecule has 3 N–H and O–H groups in total. The lowest BCUT2D eigenvalue weighted by atomic mass is 10.0. The van der Waals surface area contributed by atoms with Crippen LogP contribution in [0.1, 0.15) is 21.5 Å². The van der Waals surface area contributed by atoms with Crippen LogP contribution in [0.2, 0.25) is 0 Å². The van der Waals surface area contributed by atoms with Gasteiger partial charge in [-0.3, -0.25) is 9.69 Å². The van der Waals surface area contributed by atoms with E-state index in [2.05, 4.69) is 20.3 Å². The third-order valence-corrected chi connectivity index (χ3v) is 6.79. The molecule has 3 heterocycles. The van der Waals surface area contributed by atoms with Crippen molar-refractivity contribution >= 4 is 17.4 Å². The molecule has 0 spiro atoms. The van der Waals surface area contributed by atoms with E-state index in [-0.39, 0.29) is 17.7 Å². The molecule has 39 heavy (non-hydrogen) atoms. The van der Waals surface area contributed by atoms with E-state index in [0.29, 0.717) is 30.3 Å². The summed E-state index contributed by atoms with van der Waals surface area (Å²) in [6.45, 7) is 3.20. The SMILES string of the molecule is CN1CCN(Cc2ccc(C(=O)Nc3ccc(-c4cnn(-c5cccnc5N)c4)cc3)cc2C(F)(F)F)CC1. The molecule has 1 saturated heterocycles. The number of aromatic nitrogens is 3. The maximum Gasteiger partial charge on any atom is 0.416 e. The Labute approximate surface area is 223 Å². The molecule has 1 fully saturated rings. The number of halogens is 3. The van der Waals surface area contributed by atoms with Gasteiger partial charge in [0.2, 0.25) is 0 Å². The van der Waals surface area contributed by atoms with Crippen LogP contribution in [0.15, 0.2) is 73.2 Å². The molecule has 202 valence electrons. The topological polar surface area (TPSA) is 92.3 Å². The Hall–Kier alpha value is -4.22. The molecule has 1 amide bonds. The lowest BCUT2D eigenvalue weighted by molar-refractivity contribution is -0.138. The van der Waals surface area contributed by atoms with E-state index in [0.717, 1.165) is 30.3 Å². The van der Waals surface area contributed by atoms with Gasteiger partial charge >= 0.3 is 6.18 Å². The second kappa shape index (κ2) is 10.9. The fourth-order valence-corrected chi connectivity index (χ4v) is 4.52. The molecule has 0 bridgehead atoms. The summed E-state index contributed by atoms with van der Waals surface area (Å²) in [6, 6.07) is 14.3. The molecule has 0 saturated carbocycles. The second-order valence-electron chi connectivity index (χ2n) is 9.56. The first-order valence-corrected chi connectivity index (χ1v) is 12.5. The van der Waals surface area contributed by atoms with Crippen LogP contribution in [0.3, 0.4) is 0 Å². The van der Waals surface area contributed by atoms with Gasteiger partial charge in [-0.05, 0) is 54.6 Å². The molecule has 5 rings (SSSR count). The highest BCUT2D eigenvalue weighted by atomic mass is 19.4. The molecule has 0 unspecified atom stereocenters. The molecule has 0 aliphatic carbocycles. The first-order chi connectivity index (χ1) is 18.7. The zero-order chi connectivity index (χ0) is 27.6. The van der Waals surface area contributed by atoms with Crippen molar-refractivity contribution in [2.24, 2.45) is 0 Å². The van der Waals surface area contributed by atoms with Gasteiger partial charge in [0, 0.05) is 61.9 Å². The molecule has 8 nitrogen and oxygen atoms in total. The standard InChI is InChI=1S/C28H28F3N7O/c1-36-11-13-37(14-12-36)17-21-5-4-20(15-24(21)28(29,30)31)27(39)35-23-8-6-19(7-9-23)22-16-34-38(18-22)25-3-2-10-33-26(25)32/h2-10,15-16,18H,11-14,17H2,1H3,(H2,32,33)(H,35,39). The Morgan fingerprint density at radius 1 is 1.03 bits per heavy atom. The van der Waals surface area contributed by atoms with Crippen molar-refractivity contribution < 1.29 is 18.0 Å². The largest absolute Gasteiger partial charge is 0.416 e. The molecule has 0 atom stereocenters. The summed E-state index contributed by atoms with van der Waals surface area (Å²) in [7, 11) is 1.99. The number of nitrogen functional groups attached to an aromatic ring is 1. The number of piperazine rings is 1. The van der Waals surface area contributed by atoms with Gasteiger partial charge < -0.3 is 16.0 Å². The van der Waals surface area contributed by atoms with Crippen molar-refractivity contribution in [3.63, 3.8) is 0 Å². The van der Waals surface area contributed by atoms with Crippen molar-refractivity contribution in [3.8, 4) is 16.8 Å². The Bertz CT molecular complexity index is 1460. The van der Waals surface area contributed by atoms with Crippen LogP contribution >= 0.6 is 0 Å². The number of likely N-dealkylation sites (N-methyl/N-ethyl adjacent to an activating group) is 1. The first-order valence-electron chi connectivity index (χ1n) is 12.5. The highest BCUT2D eigenvalue weighted by Crippen LogP contribution is 2.34. The number of hydrogen-bond acceptors (Lipinski definition) is 6. The van der Waals surface area contributed by atoms with Crippen LogP contribution in [0.25, 0.3) is 16.8 Å². The minimum Gasteiger partial charge on any atom is -0.382 e. The van der Waals surface area contributed by atoms with Crippen molar-refractivity contribution in [1.29, 1.82) is 0 Å². The van der Waals surface area contributed by atoms with Crippen molar-refractivity contribution in [2.75, 3.05) is 44.3 Å². The summed E-state index contributed by atoms with van der Waals surface area (Å²) in [5.74, 6) is -0.259. The molecule has 1 aliphatic rings. The number of alkyl halides is 3. The first kappa shape index (κ1) is 26.4. The molecule has 11 heteroatoms. The monoisotopic (exact) mass is 535 g/mol. The fraction of sp³-hybridized carbons (Fsp3) is 0.250. The lowest BCUT2D eigenvalue weighted by Gasteiger charge is -2.33. The quantitative estimate of drug-likeness (QED) is 0.377. The second-order valence-corrected chi connectivity index (χ2v) is 9.56. The highest BCUT2D eigenvalue weighted by molar-refractivity contribution is 6.04. The molecule has 1 aliphatic heterocycles. The van der Waals surface area contributed by atoms with Crippen molar-refractivity contribution in [3.05, 3.63) is 89.9 Å². The van der Waals surface area contributed by atoms with Crippen molar-refractivity contribution in [2.45, 2.75) is 12.7 Å². The summed E-state index contributed by atoms with van der Waals surface area (Å²) in [4.78, 5) is 21.1. The van der Waals surface area contributed by atoms with Gasteiger partial charge in [-0.1, -0.05) is 18.2 Å². The van der Waals surface area contributed by atoms with Crippen LogP contribution in [0, 0.1) is 0 Å².